The number of ether oxygens (including phenoxy) is 1. The van der Waals surface area contributed by atoms with Crippen LogP contribution in [0.25, 0.3) is 0 Å². The minimum Gasteiger partial charge on any atom is -0.486 e. The van der Waals surface area contributed by atoms with Gasteiger partial charge in [-0.3, -0.25) is 0 Å². The largest absolute Gasteiger partial charge is 0.486 e. The Morgan fingerprint density at radius 1 is 1.06 bits per heavy atom. The van der Waals surface area contributed by atoms with Crippen molar-refractivity contribution in [3.63, 3.8) is 0 Å². The number of hydrogen-bond acceptors (Lipinski definition) is 3. The molecule has 0 saturated heterocycles. The number of furan rings is 1. The van der Waals surface area contributed by atoms with Gasteiger partial charge in [0, 0.05) is 12.5 Å². The van der Waals surface area contributed by atoms with Crippen molar-refractivity contribution < 1.29 is 9.15 Å². The molecule has 1 aromatic heterocycles. The first-order valence-electron chi connectivity index (χ1n) is 5.54. The molecular weight excluding hydrogens is 273 g/mol. The summed E-state index contributed by atoms with van der Waals surface area (Å²) in [5, 5.41) is 0.977. The Morgan fingerprint density at radius 2 is 1.83 bits per heavy atom. The van der Waals surface area contributed by atoms with Crippen LogP contribution >= 0.6 is 23.2 Å². The van der Waals surface area contributed by atoms with E-state index in [1.165, 1.54) is 0 Å². The first-order valence-corrected chi connectivity index (χ1v) is 6.30. The minimum atomic E-state index is 0.350. The maximum atomic E-state index is 5.89. The van der Waals surface area contributed by atoms with E-state index in [2.05, 4.69) is 0 Å². The van der Waals surface area contributed by atoms with Gasteiger partial charge < -0.3 is 14.9 Å². The third-order valence-electron chi connectivity index (χ3n) is 2.38. The van der Waals surface area contributed by atoms with E-state index in [1.54, 1.807) is 18.2 Å². The Bertz CT molecular complexity index is 525. The summed E-state index contributed by atoms with van der Waals surface area (Å²) in [5.74, 6) is 2.27. The zero-order chi connectivity index (χ0) is 13.0. The Kier molecular flexibility index (Phi) is 4.53. The second-order valence-electron chi connectivity index (χ2n) is 3.77. The van der Waals surface area contributed by atoms with Gasteiger partial charge in [0.25, 0.3) is 0 Å². The highest BCUT2D eigenvalue weighted by Gasteiger charge is 2.04. The molecule has 5 heteroatoms. The summed E-state index contributed by atoms with van der Waals surface area (Å²) in [6, 6.07) is 8.91. The quantitative estimate of drug-likeness (QED) is 0.912. The summed E-state index contributed by atoms with van der Waals surface area (Å²) in [7, 11) is 0. The Hall–Kier alpha value is -1.16. The van der Waals surface area contributed by atoms with Crippen molar-refractivity contribution in [3.8, 4) is 5.75 Å². The van der Waals surface area contributed by atoms with E-state index >= 15 is 0 Å². The molecule has 96 valence electrons. The average molecular weight is 286 g/mol. The first-order chi connectivity index (χ1) is 8.69. The molecule has 0 aliphatic heterocycles. The van der Waals surface area contributed by atoms with Gasteiger partial charge in [-0.2, -0.15) is 0 Å². The molecule has 0 fully saturated rings. The lowest BCUT2D eigenvalue weighted by Gasteiger charge is -2.05. The molecule has 0 bridgehead atoms. The summed E-state index contributed by atoms with van der Waals surface area (Å²) in [5.41, 5.74) is 5.45. The minimum absolute atomic E-state index is 0.350. The van der Waals surface area contributed by atoms with Gasteiger partial charge in [0.15, 0.2) is 0 Å². The van der Waals surface area contributed by atoms with Crippen LogP contribution in [0.4, 0.5) is 0 Å². The van der Waals surface area contributed by atoms with Crippen molar-refractivity contribution in [1.82, 2.24) is 0 Å². The number of halogens is 2. The number of hydrogen-bond donors (Lipinski definition) is 1. The molecule has 3 nitrogen and oxygen atoms in total. The van der Waals surface area contributed by atoms with Gasteiger partial charge in [-0.05, 0) is 30.8 Å². The van der Waals surface area contributed by atoms with E-state index in [-0.39, 0.29) is 0 Å². The molecular formula is C13H13Cl2NO2. The van der Waals surface area contributed by atoms with E-state index in [1.807, 2.05) is 12.1 Å². The van der Waals surface area contributed by atoms with Crippen LogP contribution in [0.3, 0.4) is 0 Å². The van der Waals surface area contributed by atoms with Crippen LogP contribution in [0.2, 0.25) is 10.0 Å². The second kappa shape index (κ2) is 6.14. The second-order valence-corrected chi connectivity index (χ2v) is 4.59. The number of benzene rings is 1. The predicted molar refractivity (Wildman–Crippen MR) is 72.3 cm³/mol. The Labute approximate surface area is 115 Å². The van der Waals surface area contributed by atoms with Crippen molar-refractivity contribution >= 4 is 23.2 Å². The summed E-state index contributed by atoms with van der Waals surface area (Å²) >= 11 is 11.7. The summed E-state index contributed by atoms with van der Waals surface area (Å²) in [4.78, 5) is 0. The summed E-state index contributed by atoms with van der Waals surface area (Å²) in [6.45, 7) is 0.920. The zero-order valence-electron chi connectivity index (χ0n) is 9.66. The molecule has 2 rings (SSSR count). The van der Waals surface area contributed by atoms with E-state index < -0.39 is 0 Å². The fraction of sp³-hybridized carbons (Fsp3) is 0.231. The van der Waals surface area contributed by atoms with Crippen LogP contribution < -0.4 is 10.5 Å². The maximum absolute atomic E-state index is 5.89. The van der Waals surface area contributed by atoms with Crippen LogP contribution in [-0.4, -0.2) is 6.54 Å². The van der Waals surface area contributed by atoms with Crippen LogP contribution in [-0.2, 0) is 13.0 Å². The molecule has 2 N–H and O–H groups in total. The molecule has 2 aromatic rings. The first kappa shape index (κ1) is 13.3. The zero-order valence-corrected chi connectivity index (χ0v) is 11.2. The highest BCUT2D eigenvalue weighted by atomic mass is 35.5. The van der Waals surface area contributed by atoms with Crippen molar-refractivity contribution in [3.05, 3.63) is 51.9 Å². The Balaban J connectivity index is 1.95. The molecule has 0 aliphatic carbocycles. The Morgan fingerprint density at radius 3 is 2.56 bits per heavy atom. The van der Waals surface area contributed by atoms with E-state index in [4.69, 9.17) is 38.1 Å². The lowest BCUT2D eigenvalue weighted by atomic mass is 10.3. The van der Waals surface area contributed by atoms with Gasteiger partial charge in [-0.15, -0.1) is 0 Å². The predicted octanol–water partition coefficient (Wildman–Crippen LogP) is 3.67. The van der Waals surface area contributed by atoms with Crippen molar-refractivity contribution in [2.75, 3.05) is 6.54 Å². The molecule has 1 aromatic carbocycles. The summed E-state index contributed by atoms with van der Waals surface area (Å²) < 4.78 is 11.1. The molecule has 0 aliphatic rings. The third kappa shape index (κ3) is 3.42. The molecule has 0 saturated carbocycles. The smallest absolute Gasteiger partial charge is 0.146 e. The van der Waals surface area contributed by atoms with Gasteiger partial charge in [0.05, 0.1) is 10.0 Å². The molecule has 18 heavy (non-hydrogen) atoms. The third-order valence-corrected chi connectivity index (χ3v) is 3.12. The topological polar surface area (TPSA) is 48.4 Å². The van der Waals surface area contributed by atoms with Crippen LogP contribution in [0, 0.1) is 0 Å². The van der Waals surface area contributed by atoms with E-state index in [0.717, 1.165) is 17.9 Å². The number of rotatable bonds is 5. The monoisotopic (exact) mass is 285 g/mol. The molecule has 0 amide bonds. The standard InChI is InChI=1S/C13H13Cl2NO2/c14-12-4-3-10(7-13(12)15)17-8-11-2-1-9(18-11)5-6-16/h1-4,7H,5-6,8,16H2. The van der Waals surface area contributed by atoms with Gasteiger partial charge >= 0.3 is 0 Å². The van der Waals surface area contributed by atoms with Crippen LogP contribution in [0.5, 0.6) is 5.75 Å². The lowest BCUT2D eigenvalue weighted by Crippen LogP contribution is -2.01. The highest BCUT2D eigenvalue weighted by Crippen LogP contribution is 2.26. The normalized spacial score (nSPS) is 10.6. The highest BCUT2D eigenvalue weighted by molar-refractivity contribution is 6.42. The van der Waals surface area contributed by atoms with Gasteiger partial charge in [-0.1, -0.05) is 23.2 Å². The molecule has 0 radical (unpaired) electrons. The SMILES string of the molecule is NCCc1ccc(COc2ccc(Cl)c(Cl)c2)o1. The van der Waals surface area contributed by atoms with E-state index in [0.29, 0.717) is 28.9 Å². The van der Waals surface area contributed by atoms with Gasteiger partial charge in [-0.25, -0.2) is 0 Å². The summed E-state index contributed by atoms with van der Waals surface area (Å²) in [6.07, 6.45) is 0.729. The number of nitrogens with two attached hydrogens (primary N) is 1. The van der Waals surface area contributed by atoms with E-state index in [9.17, 15) is 0 Å². The fourth-order valence-corrected chi connectivity index (χ4v) is 1.79. The molecule has 0 atom stereocenters. The van der Waals surface area contributed by atoms with Crippen molar-refractivity contribution in [1.29, 1.82) is 0 Å². The fourth-order valence-electron chi connectivity index (χ4n) is 1.50. The van der Waals surface area contributed by atoms with Gasteiger partial charge in [0.1, 0.15) is 23.9 Å². The van der Waals surface area contributed by atoms with Gasteiger partial charge in [0.2, 0.25) is 0 Å². The van der Waals surface area contributed by atoms with Crippen molar-refractivity contribution in [2.24, 2.45) is 5.73 Å². The van der Waals surface area contributed by atoms with Crippen LogP contribution in [0.1, 0.15) is 11.5 Å². The van der Waals surface area contributed by atoms with Crippen molar-refractivity contribution in [2.45, 2.75) is 13.0 Å². The molecule has 0 spiro atoms. The molecule has 0 unspecified atom stereocenters. The maximum Gasteiger partial charge on any atom is 0.146 e. The average Bonchev–Trinajstić information content (AvgIpc) is 2.79. The van der Waals surface area contributed by atoms with Crippen LogP contribution in [0.15, 0.2) is 34.7 Å². The lowest BCUT2D eigenvalue weighted by molar-refractivity contribution is 0.266. The molecule has 1 heterocycles.